The molecule has 0 saturated carbocycles. The number of carboxylic acids is 1. The number of carbonyl (C=O) groups excluding carboxylic acids is 2. The average Bonchev–Trinajstić information content (AvgIpc) is 2.62. The lowest BCUT2D eigenvalue weighted by molar-refractivity contribution is -0.142. The van der Waals surface area contributed by atoms with Gasteiger partial charge in [0.2, 0.25) is 11.8 Å². The zero-order valence-corrected chi connectivity index (χ0v) is 11.8. The molecule has 0 aromatic rings. The minimum atomic E-state index is -0.802. The number of likely N-dealkylation sites (tertiary alicyclic amines) is 1. The maximum atomic E-state index is 12.3. The Bertz CT molecular complexity index is 360. The van der Waals surface area contributed by atoms with Crippen molar-refractivity contribution >= 4 is 17.8 Å². The number of carboxylic acid groups (broad SMARTS) is 1. The molecule has 0 radical (unpaired) electrons. The summed E-state index contributed by atoms with van der Waals surface area (Å²) in [7, 11) is 0. The molecule has 1 fully saturated rings. The molecule has 0 aromatic heterocycles. The second-order valence-corrected chi connectivity index (χ2v) is 5.22. The van der Waals surface area contributed by atoms with Crippen molar-refractivity contribution in [3.05, 3.63) is 0 Å². The third-order valence-electron chi connectivity index (χ3n) is 4.12. The van der Waals surface area contributed by atoms with Crippen molar-refractivity contribution < 1.29 is 19.5 Å². The highest BCUT2D eigenvalue weighted by Gasteiger charge is 2.48. The van der Waals surface area contributed by atoms with E-state index in [0.717, 1.165) is 6.42 Å². The van der Waals surface area contributed by atoms with Crippen LogP contribution in [0.4, 0.5) is 0 Å². The van der Waals surface area contributed by atoms with E-state index in [1.54, 1.807) is 0 Å². The maximum absolute atomic E-state index is 12.3. The first-order valence-electron chi connectivity index (χ1n) is 7.03. The van der Waals surface area contributed by atoms with E-state index in [1.165, 1.54) is 4.90 Å². The van der Waals surface area contributed by atoms with Crippen LogP contribution in [0, 0.1) is 5.41 Å². The van der Waals surface area contributed by atoms with Crippen LogP contribution in [0.25, 0.3) is 0 Å². The highest BCUT2D eigenvalue weighted by molar-refractivity contribution is 6.05. The van der Waals surface area contributed by atoms with E-state index >= 15 is 0 Å². The molecule has 2 amide bonds. The van der Waals surface area contributed by atoms with Crippen molar-refractivity contribution in [1.29, 1.82) is 0 Å². The predicted molar refractivity (Wildman–Crippen MR) is 70.5 cm³/mol. The van der Waals surface area contributed by atoms with E-state index in [9.17, 15) is 14.4 Å². The molecule has 19 heavy (non-hydrogen) atoms. The molecule has 0 atom stereocenters. The van der Waals surface area contributed by atoms with E-state index in [1.807, 2.05) is 13.8 Å². The Kier molecular flexibility index (Phi) is 5.51. The number of hydrogen-bond acceptors (Lipinski definition) is 3. The summed E-state index contributed by atoms with van der Waals surface area (Å²) in [6.07, 6.45) is 3.89. The largest absolute Gasteiger partial charge is 0.481 e. The van der Waals surface area contributed by atoms with E-state index in [2.05, 4.69) is 0 Å². The molecular weight excluding hydrogens is 246 g/mol. The minimum absolute atomic E-state index is 0.0410. The van der Waals surface area contributed by atoms with Crippen LogP contribution in [0.1, 0.15) is 58.8 Å². The molecule has 1 saturated heterocycles. The third kappa shape index (κ3) is 3.55. The van der Waals surface area contributed by atoms with Crippen molar-refractivity contribution in [3.63, 3.8) is 0 Å². The van der Waals surface area contributed by atoms with E-state index in [0.29, 0.717) is 38.6 Å². The number of unbranched alkanes of at least 4 members (excludes halogenated alkanes) is 2. The van der Waals surface area contributed by atoms with Gasteiger partial charge in [-0.2, -0.15) is 0 Å². The fraction of sp³-hybridized carbons (Fsp3) is 0.786. The topological polar surface area (TPSA) is 74.7 Å². The fourth-order valence-corrected chi connectivity index (χ4v) is 2.61. The smallest absolute Gasteiger partial charge is 0.303 e. The van der Waals surface area contributed by atoms with Crippen LogP contribution in [-0.2, 0) is 14.4 Å². The lowest BCUT2D eigenvalue weighted by Crippen LogP contribution is -2.35. The van der Waals surface area contributed by atoms with Crippen molar-refractivity contribution in [1.82, 2.24) is 4.90 Å². The number of carbonyl (C=O) groups is 3. The van der Waals surface area contributed by atoms with Gasteiger partial charge in [0.1, 0.15) is 0 Å². The molecule has 0 aliphatic carbocycles. The zero-order chi connectivity index (χ0) is 14.5. The van der Waals surface area contributed by atoms with Crippen LogP contribution < -0.4 is 0 Å². The van der Waals surface area contributed by atoms with E-state index in [-0.39, 0.29) is 18.2 Å². The van der Waals surface area contributed by atoms with Gasteiger partial charge in [0.15, 0.2) is 0 Å². The Balaban J connectivity index is 2.44. The second-order valence-electron chi connectivity index (χ2n) is 5.22. The van der Waals surface area contributed by atoms with Gasteiger partial charge >= 0.3 is 5.97 Å². The Morgan fingerprint density at radius 2 is 1.84 bits per heavy atom. The van der Waals surface area contributed by atoms with Gasteiger partial charge in [-0.05, 0) is 25.7 Å². The number of hydrogen-bond donors (Lipinski definition) is 1. The minimum Gasteiger partial charge on any atom is -0.481 e. The summed E-state index contributed by atoms with van der Waals surface area (Å²) in [6, 6.07) is 0. The van der Waals surface area contributed by atoms with Gasteiger partial charge in [-0.3, -0.25) is 19.3 Å². The normalized spacial score (nSPS) is 18.1. The Morgan fingerprint density at radius 1 is 1.21 bits per heavy atom. The van der Waals surface area contributed by atoms with Crippen LogP contribution in [0.5, 0.6) is 0 Å². The molecule has 5 heteroatoms. The number of imide groups is 1. The summed E-state index contributed by atoms with van der Waals surface area (Å²) in [6.45, 7) is 4.33. The van der Waals surface area contributed by atoms with Crippen LogP contribution in [0.15, 0.2) is 0 Å². The van der Waals surface area contributed by atoms with Crippen LogP contribution in [0.2, 0.25) is 0 Å². The lowest BCUT2D eigenvalue weighted by Gasteiger charge is -2.23. The first kappa shape index (κ1) is 15.7. The van der Waals surface area contributed by atoms with Gasteiger partial charge in [-0.1, -0.05) is 20.3 Å². The SMILES string of the molecule is CCC1(CC)CC(=O)N(CCCCCC(=O)O)C1=O. The quantitative estimate of drug-likeness (QED) is 0.541. The number of rotatable bonds is 8. The summed E-state index contributed by atoms with van der Waals surface area (Å²) < 4.78 is 0. The van der Waals surface area contributed by atoms with Crippen molar-refractivity contribution in [2.45, 2.75) is 58.8 Å². The molecular formula is C14H23NO4. The summed E-state index contributed by atoms with van der Waals surface area (Å²) in [5.74, 6) is -0.919. The van der Waals surface area contributed by atoms with Crippen molar-refractivity contribution in [2.24, 2.45) is 5.41 Å². The van der Waals surface area contributed by atoms with E-state index in [4.69, 9.17) is 5.11 Å². The first-order valence-corrected chi connectivity index (χ1v) is 7.03. The molecule has 0 unspecified atom stereocenters. The molecule has 1 aliphatic heterocycles. The molecule has 0 bridgehead atoms. The molecule has 1 N–H and O–H groups in total. The molecule has 108 valence electrons. The highest BCUT2D eigenvalue weighted by Crippen LogP contribution is 2.39. The van der Waals surface area contributed by atoms with Gasteiger partial charge < -0.3 is 5.11 Å². The molecule has 5 nitrogen and oxygen atoms in total. The van der Waals surface area contributed by atoms with Gasteiger partial charge in [-0.25, -0.2) is 0 Å². The van der Waals surface area contributed by atoms with Gasteiger partial charge in [0.05, 0.1) is 5.41 Å². The average molecular weight is 269 g/mol. The second kappa shape index (κ2) is 6.68. The van der Waals surface area contributed by atoms with Gasteiger partial charge in [-0.15, -0.1) is 0 Å². The number of aliphatic carboxylic acids is 1. The van der Waals surface area contributed by atoms with E-state index < -0.39 is 11.4 Å². The summed E-state index contributed by atoms with van der Waals surface area (Å²) in [4.78, 5) is 35.9. The highest BCUT2D eigenvalue weighted by atomic mass is 16.4. The van der Waals surface area contributed by atoms with Crippen molar-refractivity contribution in [3.8, 4) is 0 Å². The predicted octanol–water partition coefficient (Wildman–Crippen LogP) is 2.20. The summed E-state index contributed by atoms with van der Waals surface area (Å²) >= 11 is 0. The fourth-order valence-electron chi connectivity index (χ4n) is 2.61. The summed E-state index contributed by atoms with van der Waals surface area (Å²) in [5.41, 5.74) is -0.488. The van der Waals surface area contributed by atoms with Gasteiger partial charge in [0.25, 0.3) is 0 Å². The third-order valence-corrected chi connectivity index (χ3v) is 4.12. The van der Waals surface area contributed by atoms with Crippen molar-refractivity contribution in [2.75, 3.05) is 6.54 Å². The molecule has 1 aliphatic rings. The monoisotopic (exact) mass is 269 g/mol. The first-order chi connectivity index (χ1) is 8.96. The maximum Gasteiger partial charge on any atom is 0.303 e. The molecule has 0 spiro atoms. The van der Waals surface area contributed by atoms with Gasteiger partial charge in [0, 0.05) is 19.4 Å². The number of amides is 2. The Hall–Kier alpha value is -1.39. The number of nitrogens with zero attached hydrogens (tertiary/aromatic N) is 1. The Morgan fingerprint density at radius 3 is 2.32 bits per heavy atom. The zero-order valence-electron chi connectivity index (χ0n) is 11.8. The molecule has 1 heterocycles. The Labute approximate surface area is 114 Å². The van der Waals surface area contributed by atoms with Crippen LogP contribution in [0.3, 0.4) is 0 Å². The molecule has 0 aromatic carbocycles. The van der Waals surface area contributed by atoms with Crippen LogP contribution in [-0.4, -0.2) is 34.3 Å². The summed E-state index contributed by atoms with van der Waals surface area (Å²) in [5, 5.41) is 8.52. The standard InChI is InChI=1S/C14H23NO4/c1-3-14(4-2)10-11(16)15(13(14)19)9-7-5-6-8-12(17)18/h3-10H2,1-2H3,(H,17,18). The van der Waals surface area contributed by atoms with Crippen LogP contribution >= 0.6 is 0 Å². The lowest BCUT2D eigenvalue weighted by atomic mass is 9.81. The molecule has 1 rings (SSSR count).